The Labute approximate surface area is 112 Å². The smallest absolute Gasteiger partial charge is 0.126 e. The van der Waals surface area contributed by atoms with Gasteiger partial charge in [0.15, 0.2) is 0 Å². The molecule has 0 amide bonds. The number of halogens is 1. The highest BCUT2D eigenvalue weighted by Crippen LogP contribution is 2.12. The molecule has 0 aromatic heterocycles. The van der Waals surface area contributed by atoms with Crippen LogP contribution in [0.3, 0.4) is 0 Å². The summed E-state index contributed by atoms with van der Waals surface area (Å²) in [5.74, 6) is -0.187. The molecule has 0 spiro atoms. The fourth-order valence-corrected chi connectivity index (χ4v) is 1.96. The van der Waals surface area contributed by atoms with Crippen molar-refractivity contribution in [3.8, 4) is 0 Å². The van der Waals surface area contributed by atoms with Crippen LogP contribution in [-0.4, -0.2) is 11.7 Å². The van der Waals surface area contributed by atoms with Gasteiger partial charge in [0.05, 0.1) is 6.10 Å². The average Bonchev–Trinajstić information content (AvgIpc) is 2.43. The third kappa shape index (κ3) is 3.88. The second-order valence-corrected chi connectivity index (χ2v) is 4.64. The average molecular weight is 259 g/mol. The maximum absolute atomic E-state index is 13.1. The van der Waals surface area contributed by atoms with Crippen LogP contribution in [-0.2, 0) is 6.54 Å². The van der Waals surface area contributed by atoms with Gasteiger partial charge in [-0.1, -0.05) is 42.5 Å². The highest BCUT2D eigenvalue weighted by Gasteiger charge is 2.06. The van der Waals surface area contributed by atoms with Gasteiger partial charge in [-0.25, -0.2) is 4.39 Å². The number of hydrogen-bond donors (Lipinski definition) is 2. The van der Waals surface area contributed by atoms with Crippen molar-refractivity contribution in [3.05, 3.63) is 71.0 Å². The lowest BCUT2D eigenvalue weighted by atomic mass is 10.1. The third-order valence-electron chi connectivity index (χ3n) is 3.07. The normalized spacial score (nSPS) is 12.4. The quantitative estimate of drug-likeness (QED) is 0.865. The van der Waals surface area contributed by atoms with E-state index in [0.717, 1.165) is 11.1 Å². The number of aliphatic hydroxyl groups excluding tert-OH is 1. The van der Waals surface area contributed by atoms with E-state index in [4.69, 9.17) is 0 Å². The second kappa shape index (κ2) is 6.45. The molecular formula is C16H18FNO. The zero-order chi connectivity index (χ0) is 13.7. The summed E-state index contributed by atoms with van der Waals surface area (Å²) in [5.41, 5.74) is 2.55. The minimum absolute atomic E-state index is 0.187. The van der Waals surface area contributed by atoms with E-state index in [-0.39, 0.29) is 5.82 Å². The Kier molecular flexibility index (Phi) is 4.66. The van der Waals surface area contributed by atoms with Crippen molar-refractivity contribution in [1.29, 1.82) is 0 Å². The molecule has 3 heteroatoms. The molecule has 0 saturated carbocycles. The minimum Gasteiger partial charge on any atom is -0.387 e. The molecule has 1 atom stereocenters. The first-order valence-electron chi connectivity index (χ1n) is 6.35. The summed E-state index contributed by atoms with van der Waals surface area (Å²) in [5, 5.41) is 13.1. The molecular weight excluding hydrogens is 241 g/mol. The number of aliphatic hydroxyl groups is 1. The summed E-state index contributed by atoms with van der Waals surface area (Å²) in [7, 11) is 0. The first kappa shape index (κ1) is 13.7. The van der Waals surface area contributed by atoms with Crippen LogP contribution >= 0.6 is 0 Å². The van der Waals surface area contributed by atoms with E-state index >= 15 is 0 Å². The van der Waals surface area contributed by atoms with Gasteiger partial charge >= 0.3 is 0 Å². The Balaban J connectivity index is 1.85. The Morgan fingerprint density at radius 1 is 1.16 bits per heavy atom. The van der Waals surface area contributed by atoms with E-state index < -0.39 is 6.10 Å². The molecule has 19 heavy (non-hydrogen) atoms. The van der Waals surface area contributed by atoms with Crippen LogP contribution in [0, 0.1) is 12.7 Å². The maximum atomic E-state index is 13.1. The molecule has 1 unspecified atom stereocenters. The summed E-state index contributed by atoms with van der Waals surface area (Å²) in [4.78, 5) is 0. The van der Waals surface area contributed by atoms with E-state index in [0.29, 0.717) is 18.7 Å². The van der Waals surface area contributed by atoms with Crippen molar-refractivity contribution >= 4 is 0 Å². The number of aryl methyl sites for hydroxylation is 1. The Hall–Kier alpha value is -1.71. The molecule has 100 valence electrons. The maximum Gasteiger partial charge on any atom is 0.126 e. The molecule has 2 N–H and O–H groups in total. The van der Waals surface area contributed by atoms with Crippen molar-refractivity contribution in [3.63, 3.8) is 0 Å². The van der Waals surface area contributed by atoms with E-state index in [1.807, 2.05) is 36.4 Å². The zero-order valence-electron chi connectivity index (χ0n) is 10.9. The third-order valence-corrected chi connectivity index (χ3v) is 3.07. The molecule has 2 rings (SSSR count). The highest BCUT2D eigenvalue weighted by molar-refractivity contribution is 5.24. The summed E-state index contributed by atoms with van der Waals surface area (Å²) in [6, 6.07) is 14.6. The van der Waals surface area contributed by atoms with Crippen molar-refractivity contribution < 1.29 is 9.50 Å². The highest BCUT2D eigenvalue weighted by atomic mass is 19.1. The van der Waals surface area contributed by atoms with Gasteiger partial charge in [0.25, 0.3) is 0 Å². The number of benzene rings is 2. The summed E-state index contributed by atoms with van der Waals surface area (Å²) >= 11 is 0. The molecule has 0 heterocycles. The Morgan fingerprint density at radius 2 is 1.89 bits per heavy atom. The Bertz CT molecular complexity index is 528. The molecule has 0 fully saturated rings. The van der Waals surface area contributed by atoms with Crippen molar-refractivity contribution in [2.45, 2.75) is 19.6 Å². The predicted octanol–water partition coefficient (Wildman–Crippen LogP) is 2.96. The topological polar surface area (TPSA) is 32.3 Å². The minimum atomic E-state index is -0.525. The van der Waals surface area contributed by atoms with Gasteiger partial charge in [-0.3, -0.25) is 0 Å². The fourth-order valence-electron chi connectivity index (χ4n) is 1.96. The standard InChI is InChI=1S/C16H18FNO/c1-12-9-13(7-8-15(12)17)10-18-11-16(19)14-5-3-2-4-6-14/h2-9,16,18-19H,10-11H2,1H3. The first-order chi connectivity index (χ1) is 9.16. The van der Waals surface area contributed by atoms with Crippen LogP contribution < -0.4 is 5.32 Å². The molecule has 0 aliphatic rings. The van der Waals surface area contributed by atoms with Gasteiger partial charge in [-0.15, -0.1) is 0 Å². The summed E-state index contributed by atoms with van der Waals surface area (Å²) < 4.78 is 13.1. The number of rotatable bonds is 5. The molecule has 2 aromatic rings. The zero-order valence-corrected chi connectivity index (χ0v) is 10.9. The van der Waals surface area contributed by atoms with E-state index in [1.165, 1.54) is 6.07 Å². The van der Waals surface area contributed by atoms with Crippen molar-refractivity contribution in [2.24, 2.45) is 0 Å². The first-order valence-corrected chi connectivity index (χ1v) is 6.35. The predicted molar refractivity (Wildman–Crippen MR) is 74.2 cm³/mol. The van der Waals surface area contributed by atoms with E-state index in [2.05, 4.69) is 5.32 Å². The largest absolute Gasteiger partial charge is 0.387 e. The monoisotopic (exact) mass is 259 g/mol. The van der Waals surface area contributed by atoms with E-state index in [9.17, 15) is 9.50 Å². The number of hydrogen-bond acceptors (Lipinski definition) is 2. The molecule has 2 nitrogen and oxygen atoms in total. The lowest BCUT2D eigenvalue weighted by Gasteiger charge is -2.12. The van der Waals surface area contributed by atoms with Crippen molar-refractivity contribution in [1.82, 2.24) is 5.32 Å². The van der Waals surface area contributed by atoms with Crippen LogP contribution in [0.2, 0.25) is 0 Å². The van der Waals surface area contributed by atoms with Crippen molar-refractivity contribution in [2.75, 3.05) is 6.54 Å². The van der Waals surface area contributed by atoms with Gasteiger partial charge in [0.2, 0.25) is 0 Å². The van der Waals surface area contributed by atoms with Gasteiger partial charge in [0.1, 0.15) is 5.82 Å². The summed E-state index contributed by atoms with van der Waals surface area (Å²) in [6.45, 7) is 2.84. The lowest BCUT2D eigenvalue weighted by molar-refractivity contribution is 0.174. The molecule has 0 aliphatic carbocycles. The van der Waals surface area contributed by atoms with Crippen LogP contribution in [0.4, 0.5) is 4.39 Å². The van der Waals surface area contributed by atoms with Gasteiger partial charge < -0.3 is 10.4 Å². The van der Waals surface area contributed by atoms with Crippen LogP contribution in [0.5, 0.6) is 0 Å². The number of nitrogens with one attached hydrogen (secondary N) is 1. The second-order valence-electron chi connectivity index (χ2n) is 4.64. The Morgan fingerprint density at radius 3 is 2.58 bits per heavy atom. The molecule has 0 radical (unpaired) electrons. The molecule has 0 bridgehead atoms. The van der Waals surface area contributed by atoms with Gasteiger partial charge in [0, 0.05) is 13.1 Å². The molecule has 0 saturated heterocycles. The lowest BCUT2D eigenvalue weighted by Crippen LogP contribution is -2.21. The molecule has 0 aliphatic heterocycles. The summed E-state index contributed by atoms with van der Waals surface area (Å²) in [6.07, 6.45) is -0.525. The van der Waals surface area contributed by atoms with Gasteiger partial charge in [-0.05, 0) is 29.7 Å². The van der Waals surface area contributed by atoms with E-state index in [1.54, 1.807) is 13.0 Å². The molecule has 2 aromatic carbocycles. The van der Waals surface area contributed by atoms with Crippen LogP contribution in [0.1, 0.15) is 22.8 Å². The van der Waals surface area contributed by atoms with Crippen LogP contribution in [0.25, 0.3) is 0 Å². The van der Waals surface area contributed by atoms with Crippen LogP contribution in [0.15, 0.2) is 48.5 Å². The fraction of sp³-hybridized carbons (Fsp3) is 0.250. The SMILES string of the molecule is Cc1cc(CNCC(O)c2ccccc2)ccc1F. The van der Waals surface area contributed by atoms with Gasteiger partial charge in [-0.2, -0.15) is 0 Å².